The van der Waals surface area contributed by atoms with Gasteiger partial charge < -0.3 is 19.9 Å². The molecule has 2 aliphatic rings. The van der Waals surface area contributed by atoms with E-state index in [2.05, 4.69) is 5.32 Å². The molecular formula is C9H14N2O5. The van der Waals surface area contributed by atoms with Crippen molar-refractivity contribution in [3.8, 4) is 0 Å². The van der Waals surface area contributed by atoms with E-state index in [4.69, 9.17) is 14.6 Å². The molecule has 2 fully saturated rings. The molecule has 0 radical (unpaired) electrons. The molecule has 16 heavy (non-hydrogen) atoms. The van der Waals surface area contributed by atoms with Gasteiger partial charge in [0.1, 0.15) is 12.1 Å². The van der Waals surface area contributed by atoms with Crippen LogP contribution in [-0.2, 0) is 14.3 Å². The number of alkyl carbamates (subject to hydrolysis) is 1. The Morgan fingerprint density at radius 2 is 2.44 bits per heavy atom. The van der Waals surface area contributed by atoms with Gasteiger partial charge in [-0.25, -0.2) is 4.79 Å². The maximum absolute atomic E-state index is 11.0. The lowest BCUT2D eigenvalue weighted by molar-refractivity contribution is -0.150. The first-order valence-corrected chi connectivity index (χ1v) is 5.16. The average molecular weight is 230 g/mol. The Hall–Kier alpha value is -1.34. The number of hydrogen-bond donors (Lipinski definition) is 2. The van der Waals surface area contributed by atoms with Crippen LogP contribution in [0.3, 0.4) is 0 Å². The molecule has 2 rings (SSSR count). The fourth-order valence-electron chi connectivity index (χ4n) is 1.88. The summed E-state index contributed by atoms with van der Waals surface area (Å²) < 4.78 is 10.1. The zero-order chi connectivity index (χ0) is 11.5. The summed E-state index contributed by atoms with van der Waals surface area (Å²) in [5, 5.41) is 11.5. The fraction of sp³-hybridized carbons (Fsp3) is 0.778. The highest BCUT2D eigenvalue weighted by Gasteiger charge is 2.33. The average Bonchev–Trinajstić information content (AvgIpc) is 2.64. The van der Waals surface area contributed by atoms with Crippen LogP contribution in [0.25, 0.3) is 0 Å². The summed E-state index contributed by atoms with van der Waals surface area (Å²) in [6.45, 7) is 2.11. The molecule has 90 valence electrons. The molecule has 0 bridgehead atoms. The van der Waals surface area contributed by atoms with Gasteiger partial charge in [-0.1, -0.05) is 0 Å². The second kappa shape index (κ2) is 4.67. The number of morpholine rings is 1. The minimum Gasteiger partial charge on any atom is -0.480 e. The third kappa shape index (κ3) is 2.42. The Morgan fingerprint density at radius 3 is 3.06 bits per heavy atom. The Kier molecular flexibility index (Phi) is 3.25. The van der Waals surface area contributed by atoms with Gasteiger partial charge in [0.15, 0.2) is 0 Å². The quantitative estimate of drug-likeness (QED) is 0.638. The van der Waals surface area contributed by atoms with E-state index in [-0.39, 0.29) is 12.7 Å². The van der Waals surface area contributed by atoms with Gasteiger partial charge in [0, 0.05) is 13.1 Å². The highest BCUT2D eigenvalue weighted by molar-refractivity contribution is 5.73. The first kappa shape index (κ1) is 11.2. The molecule has 0 aromatic rings. The van der Waals surface area contributed by atoms with Crippen LogP contribution in [0.5, 0.6) is 0 Å². The molecule has 2 unspecified atom stereocenters. The molecule has 1 amide bonds. The van der Waals surface area contributed by atoms with Crippen molar-refractivity contribution >= 4 is 12.1 Å². The second-order valence-electron chi connectivity index (χ2n) is 3.83. The highest BCUT2D eigenvalue weighted by Crippen LogP contribution is 2.11. The van der Waals surface area contributed by atoms with Crippen molar-refractivity contribution in [1.82, 2.24) is 10.2 Å². The van der Waals surface area contributed by atoms with Crippen molar-refractivity contribution in [2.45, 2.75) is 12.1 Å². The second-order valence-corrected chi connectivity index (χ2v) is 3.83. The molecule has 0 aromatic carbocycles. The Morgan fingerprint density at radius 1 is 1.62 bits per heavy atom. The summed E-state index contributed by atoms with van der Waals surface area (Å²) in [7, 11) is 0. The van der Waals surface area contributed by atoms with E-state index in [1.54, 1.807) is 4.90 Å². The van der Waals surface area contributed by atoms with Crippen LogP contribution in [0.15, 0.2) is 0 Å². The standard InChI is InChI=1S/C9H14N2O5/c12-8(13)7-5-15-2-1-11(7)4-6-3-10-9(14)16-6/h6-7H,1-5H2,(H,10,14)(H,12,13). The molecule has 2 heterocycles. The van der Waals surface area contributed by atoms with Crippen LogP contribution < -0.4 is 5.32 Å². The predicted octanol–water partition coefficient (Wildman–Crippen LogP) is -1.12. The summed E-state index contributed by atoms with van der Waals surface area (Å²) in [5.74, 6) is -0.906. The molecule has 2 atom stereocenters. The van der Waals surface area contributed by atoms with E-state index < -0.39 is 18.1 Å². The van der Waals surface area contributed by atoms with Gasteiger partial charge in [-0.2, -0.15) is 0 Å². The molecule has 2 saturated heterocycles. The molecule has 2 N–H and O–H groups in total. The molecule has 7 heteroatoms. The van der Waals surface area contributed by atoms with Crippen molar-refractivity contribution in [2.24, 2.45) is 0 Å². The Bertz CT molecular complexity index is 296. The lowest BCUT2D eigenvalue weighted by Crippen LogP contribution is -2.52. The van der Waals surface area contributed by atoms with Crippen LogP contribution in [0.1, 0.15) is 0 Å². The molecular weight excluding hydrogens is 216 g/mol. The van der Waals surface area contributed by atoms with Crippen molar-refractivity contribution < 1.29 is 24.2 Å². The lowest BCUT2D eigenvalue weighted by atomic mass is 10.2. The number of carbonyl (C=O) groups is 2. The smallest absolute Gasteiger partial charge is 0.407 e. The first-order chi connectivity index (χ1) is 7.66. The van der Waals surface area contributed by atoms with Gasteiger partial charge in [-0.05, 0) is 0 Å². The zero-order valence-electron chi connectivity index (χ0n) is 8.72. The van der Waals surface area contributed by atoms with Gasteiger partial charge in [-0.3, -0.25) is 9.69 Å². The topological polar surface area (TPSA) is 88.1 Å². The largest absolute Gasteiger partial charge is 0.480 e. The van der Waals surface area contributed by atoms with E-state index in [9.17, 15) is 9.59 Å². The summed E-state index contributed by atoms with van der Waals surface area (Å²) in [6.07, 6.45) is -0.711. The van der Waals surface area contributed by atoms with Crippen molar-refractivity contribution in [3.63, 3.8) is 0 Å². The molecule has 0 saturated carbocycles. The van der Waals surface area contributed by atoms with Gasteiger partial charge in [0.25, 0.3) is 0 Å². The van der Waals surface area contributed by atoms with E-state index in [0.29, 0.717) is 26.2 Å². The number of aliphatic carboxylic acids is 1. The van der Waals surface area contributed by atoms with Crippen LogP contribution in [0.2, 0.25) is 0 Å². The van der Waals surface area contributed by atoms with E-state index in [0.717, 1.165) is 0 Å². The minimum atomic E-state index is -0.906. The maximum Gasteiger partial charge on any atom is 0.407 e. The summed E-state index contributed by atoms with van der Waals surface area (Å²) >= 11 is 0. The van der Waals surface area contributed by atoms with Crippen LogP contribution in [-0.4, -0.2) is 67.1 Å². The van der Waals surface area contributed by atoms with Gasteiger partial charge in [-0.15, -0.1) is 0 Å². The van der Waals surface area contributed by atoms with E-state index in [1.165, 1.54) is 0 Å². The number of ether oxygens (including phenoxy) is 2. The van der Waals surface area contributed by atoms with Gasteiger partial charge >= 0.3 is 12.1 Å². The monoisotopic (exact) mass is 230 g/mol. The van der Waals surface area contributed by atoms with Crippen molar-refractivity contribution in [3.05, 3.63) is 0 Å². The molecule has 2 aliphatic heterocycles. The number of carbonyl (C=O) groups excluding carboxylic acids is 1. The number of nitrogens with one attached hydrogen (secondary N) is 1. The van der Waals surface area contributed by atoms with Crippen LogP contribution in [0.4, 0.5) is 4.79 Å². The number of cyclic esters (lactones) is 1. The molecule has 0 spiro atoms. The zero-order valence-corrected chi connectivity index (χ0v) is 8.72. The SMILES string of the molecule is O=C1NCC(CN2CCOCC2C(=O)O)O1. The molecule has 0 aliphatic carbocycles. The van der Waals surface area contributed by atoms with Crippen molar-refractivity contribution in [2.75, 3.05) is 32.8 Å². The summed E-state index contributed by atoms with van der Waals surface area (Å²) in [6, 6.07) is -0.645. The van der Waals surface area contributed by atoms with E-state index >= 15 is 0 Å². The number of carboxylic acid groups (broad SMARTS) is 1. The molecule has 7 nitrogen and oxygen atoms in total. The summed E-state index contributed by atoms with van der Waals surface area (Å²) in [4.78, 5) is 23.6. The number of hydrogen-bond acceptors (Lipinski definition) is 5. The van der Waals surface area contributed by atoms with Crippen LogP contribution >= 0.6 is 0 Å². The number of nitrogens with zero attached hydrogens (tertiary/aromatic N) is 1. The minimum absolute atomic E-state index is 0.184. The van der Waals surface area contributed by atoms with Crippen LogP contribution in [0, 0.1) is 0 Å². The lowest BCUT2D eigenvalue weighted by Gasteiger charge is -2.33. The van der Waals surface area contributed by atoms with E-state index in [1.807, 2.05) is 0 Å². The van der Waals surface area contributed by atoms with Crippen molar-refractivity contribution in [1.29, 1.82) is 0 Å². The predicted molar refractivity (Wildman–Crippen MR) is 52.1 cm³/mol. The number of rotatable bonds is 3. The normalized spacial score (nSPS) is 30.9. The Labute approximate surface area is 92.3 Å². The maximum atomic E-state index is 11.0. The fourth-order valence-corrected chi connectivity index (χ4v) is 1.88. The number of carboxylic acids is 1. The number of amides is 1. The summed E-state index contributed by atoms with van der Waals surface area (Å²) in [5.41, 5.74) is 0. The van der Waals surface area contributed by atoms with Gasteiger partial charge in [0.05, 0.1) is 19.8 Å². The third-order valence-corrected chi connectivity index (χ3v) is 2.71. The third-order valence-electron chi connectivity index (χ3n) is 2.71. The van der Waals surface area contributed by atoms with Gasteiger partial charge in [0.2, 0.25) is 0 Å². The molecule has 0 aromatic heterocycles. The Balaban J connectivity index is 1.91. The first-order valence-electron chi connectivity index (χ1n) is 5.16. The highest BCUT2D eigenvalue weighted by atomic mass is 16.6.